The molecule has 0 bridgehead atoms. The quantitative estimate of drug-likeness (QED) is 0.317. The van der Waals surface area contributed by atoms with Gasteiger partial charge in [-0.15, -0.1) is 0 Å². The lowest BCUT2D eigenvalue weighted by atomic mass is 10.1. The second-order valence-corrected chi connectivity index (χ2v) is 4.30. The third-order valence-electron chi connectivity index (χ3n) is 2.73. The van der Waals surface area contributed by atoms with Crippen molar-refractivity contribution in [3.05, 3.63) is 42.0 Å². The topological polar surface area (TPSA) is 52.6 Å². The lowest BCUT2D eigenvalue weighted by Gasteiger charge is -2.05. The summed E-state index contributed by atoms with van der Waals surface area (Å²) in [6, 6.07) is 6.87. The fourth-order valence-corrected chi connectivity index (χ4v) is 1.57. The first kappa shape index (κ1) is 16.0. The van der Waals surface area contributed by atoms with Gasteiger partial charge in [0.1, 0.15) is 5.75 Å². The van der Waals surface area contributed by atoms with Crippen molar-refractivity contribution in [2.45, 2.75) is 26.2 Å². The Morgan fingerprint density at radius 2 is 1.80 bits per heavy atom. The average Bonchev–Trinajstić information content (AvgIpc) is 2.49. The molecule has 0 spiro atoms. The van der Waals surface area contributed by atoms with Gasteiger partial charge in [0.25, 0.3) is 0 Å². The Balaban J connectivity index is 2.51. The molecule has 0 aliphatic carbocycles. The number of carbonyl (C=O) groups is 2. The third-order valence-corrected chi connectivity index (χ3v) is 2.73. The van der Waals surface area contributed by atoms with Gasteiger partial charge in [0.05, 0.1) is 13.7 Å². The molecular formula is C16H20O4. The zero-order valence-electron chi connectivity index (χ0n) is 11.9. The van der Waals surface area contributed by atoms with E-state index in [1.165, 1.54) is 13.2 Å². The van der Waals surface area contributed by atoms with Crippen LogP contribution in [0.3, 0.4) is 0 Å². The number of methoxy groups -OCH3 is 1. The molecule has 0 saturated carbocycles. The number of ketones is 1. The normalized spacial score (nSPS) is 10.5. The summed E-state index contributed by atoms with van der Waals surface area (Å²) in [5.41, 5.74) is 0.506. The van der Waals surface area contributed by atoms with E-state index in [4.69, 9.17) is 4.74 Å². The van der Waals surface area contributed by atoms with E-state index in [2.05, 4.69) is 11.7 Å². The molecule has 1 rings (SSSR count). The Morgan fingerprint density at radius 3 is 2.40 bits per heavy atom. The van der Waals surface area contributed by atoms with Crippen LogP contribution in [-0.2, 0) is 9.53 Å². The fourth-order valence-electron chi connectivity index (χ4n) is 1.57. The van der Waals surface area contributed by atoms with Crippen LogP contribution < -0.4 is 4.74 Å². The van der Waals surface area contributed by atoms with Crippen LogP contribution in [-0.4, -0.2) is 25.5 Å². The molecule has 0 fully saturated rings. The first-order chi connectivity index (χ1) is 9.67. The van der Waals surface area contributed by atoms with E-state index in [9.17, 15) is 9.59 Å². The van der Waals surface area contributed by atoms with Crippen LogP contribution in [0.2, 0.25) is 0 Å². The Morgan fingerprint density at radius 1 is 1.10 bits per heavy atom. The molecular weight excluding hydrogens is 256 g/mol. The van der Waals surface area contributed by atoms with E-state index in [0.717, 1.165) is 31.1 Å². The second-order valence-electron chi connectivity index (χ2n) is 4.30. The number of rotatable bonds is 8. The number of allylic oxidation sites excluding steroid dienone is 1. The minimum absolute atomic E-state index is 0.243. The monoisotopic (exact) mass is 276 g/mol. The van der Waals surface area contributed by atoms with E-state index >= 15 is 0 Å². The van der Waals surface area contributed by atoms with Crippen molar-refractivity contribution in [3.8, 4) is 5.75 Å². The average molecular weight is 276 g/mol. The highest BCUT2D eigenvalue weighted by Crippen LogP contribution is 2.13. The highest BCUT2D eigenvalue weighted by atomic mass is 16.5. The molecule has 0 aromatic heterocycles. The molecule has 0 aliphatic rings. The van der Waals surface area contributed by atoms with Crippen molar-refractivity contribution in [1.29, 1.82) is 0 Å². The highest BCUT2D eigenvalue weighted by molar-refractivity contribution is 6.07. The summed E-state index contributed by atoms with van der Waals surface area (Å²) in [7, 11) is 1.27. The summed E-state index contributed by atoms with van der Waals surface area (Å²) >= 11 is 0. The van der Waals surface area contributed by atoms with Crippen LogP contribution in [0.5, 0.6) is 5.75 Å². The van der Waals surface area contributed by atoms with Crippen molar-refractivity contribution in [2.75, 3.05) is 13.7 Å². The zero-order valence-corrected chi connectivity index (χ0v) is 11.9. The van der Waals surface area contributed by atoms with Crippen molar-refractivity contribution < 1.29 is 19.1 Å². The molecule has 1 aromatic rings. The molecule has 0 N–H and O–H groups in total. The summed E-state index contributed by atoms with van der Waals surface area (Å²) in [5.74, 6) is -0.0447. The molecule has 0 aliphatic heterocycles. The predicted molar refractivity (Wildman–Crippen MR) is 76.9 cm³/mol. The summed E-state index contributed by atoms with van der Waals surface area (Å²) in [6.07, 6.45) is 5.64. The molecule has 0 radical (unpaired) electrons. The van der Waals surface area contributed by atoms with Crippen molar-refractivity contribution in [1.82, 2.24) is 0 Å². The number of hydrogen-bond acceptors (Lipinski definition) is 4. The summed E-state index contributed by atoms with van der Waals surface area (Å²) in [5, 5.41) is 0. The standard InChI is InChI=1S/C16H20O4/c1-3-4-5-12-20-14-8-6-13(7-9-14)15(17)10-11-16(18)19-2/h6-11H,3-5,12H2,1-2H3/b11-10+. The van der Waals surface area contributed by atoms with E-state index in [1.807, 2.05) is 0 Å². The fraction of sp³-hybridized carbons (Fsp3) is 0.375. The molecule has 1 aromatic carbocycles. The molecule has 108 valence electrons. The molecule has 4 heteroatoms. The van der Waals surface area contributed by atoms with Gasteiger partial charge in [-0.2, -0.15) is 0 Å². The van der Waals surface area contributed by atoms with Gasteiger partial charge in [-0.3, -0.25) is 4.79 Å². The van der Waals surface area contributed by atoms with E-state index in [1.54, 1.807) is 24.3 Å². The van der Waals surface area contributed by atoms with Crippen LogP contribution in [0.4, 0.5) is 0 Å². The molecule has 0 amide bonds. The molecule has 0 unspecified atom stereocenters. The lowest BCUT2D eigenvalue weighted by Crippen LogP contribution is -2.00. The minimum Gasteiger partial charge on any atom is -0.494 e. The number of ether oxygens (including phenoxy) is 2. The van der Waals surface area contributed by atoms with Crippen molar-refractivity contribution in [3.63, 3.8) is 0 Å². The maximum atomic E-state index is 11.7. The zero-order chi connectivity index (χ0) is 14.8. The number of hydrogen-bond donors (Lipinski definition) is 0. The maximum Gasteiger partial charge on any atom is 0.330 e. The van der Waals surface area contributed by atoms with Gasteiger partial charge in [-0.05, 0) is 36.8 Å². The van der Waals surface area contributed by atoms with Gasteiger partial charge in [-0.1, -0.05) is 19.8 Å². The number of carbonyl (C=O) groups excluding carboxylic acids is 2. The van der Waals surface area contributed by atoms with Gasteiger partial charge < -0.3 is 9.47 Å². The second kappa shape index (κ2) is 8.91. The maximum absolute atomic E-state index is 11.7. The van der Waals surface area contributed by atoms with Crippen LogP contribution in [0.25, 0.3) is 0 Å². The van der Waals surface area contributed by atoms with Crippen molar-refractivity contribution in [2.24, 2.45) is 0 Å². The van der Waals surface area contributed by atoms with Gasteiger partial charge in [-0.25, -0.2) is 4.79 Å². The van der Waals surface area contributed by atoms with Crippen LogP contribution in [0.15, 0.2) is 36.4 Å². The first-order valence-electron chi connectivity index (χ1n) is 6.70. The van der Waals surface area contributed by atoms with E-state index in [-0.39, 0.29) is 5.78 Å². The highest BCUT2D eigenvalue weighted by Gasteiger charge is 2.03. The lowest BCUT2D eigenvalue weighted by molar-refractivity contribution is -0.134. The molecule has 0 heterocycles. The largest absolute Gasteiger partial charge is 0.494 e. The summed E-state index contributed by atoms with van der Waals surface area (Å²) < 4.78 is 9.98. The Hall–Kier alpha value is -2.10. The number of unbranched alkanes of at least 4 members (excludes halogenated alkanes) is 2. The number of esters is 1. The van der Waals surface area contributed by atoms with Gasteiger partial charge in [0.2, 0.25) is 0 Å². The summed E-state index contributed by atoms with van der Waals surface area (Å²) in [6.45, 7) is 2.83. The van der Waals surface area contributed by atoms with Gasteiger partial charge in [0.15, 0.2) is 5.78 Å². The smallest absolute Gasteiger partial charge is 0.330 e. The summed E-state index contributed by atoms with van der Waals surface area (Å²) in [4.78, 5) is 22.6. The molecule has 0 saturated heterocycles. The van der Waals surface area contributed by atoms with Crippen molar-refractivity contribution >= 4 is 11.8 Å². The van der Waals surface area contributed by atoms with Gasteiger partial charge >= 0.3 is 5.97 Å². The SMILES string of the molecule is CCCCCOc1ccc(C(=O)/C=C/C(=O)OC)cc1. The van der Waals surface area contributed by atoms with Gasteiger partial charge in [0, 0.05) is 11.6 Å². The molecule has 4 nitrogen and oxygen atoms in total. The number of benzene rings is 1. The first-order valence-corrected chi connectivity index (χ1v) is 6.70. The Kier molecular flexibility index (Phi) is 7.11. The van der Waals surface area contributed by atoms with Crippen LogP contribution in [0.1, 0.15) is 36.5 Å². The predicted octanol–water partition coefficient (Wildman–Crippen LogP) is 3.17. The van der Waals surface area contributed by atoms with Crippen LogP contribution >= 0.6 is 0 Å². The van der Waals surface area contributed by atoms with E-state index < -0.39 is 5.97 Å². The van der Waals surface area contributed by atoms with E-state index in [0.29, 0.717) is 12.2 Å². The third kappa shape index (κ3) is 5.69. The molecule has 20 heavy (non-hydrogen) atoms. The minimum atomic E-state index is -0.547. The van der Waals surface area contributed by atoms with Crippen LogP contribution in [0, 0.1) is 0 Å². The Bertz CT molecular complexity index is 460. The Labute approximate surface area is 119 Å². The molecule has 0 atom stereocenters.